The molecule has 2 heterocycles. The Kier molecular flexibility index (Phi) is 7.68. The number of imidazole rings is 1. The summed E-state index contributed by atoms with van der Waals surface area (Å²) in [6.07, 6.45) is 1.56. The summed E-state index contributed by atoms with van der Waals surface area (Å²) >= 11 is 5.14. The van der Waals surface area contributed by atoms with Crippen LogP contribution < -0.4 is 20.5 Å². The van der Waals surface area contributed by atoms with Gasteiger partial charge in [0.05, 0.1) is 5.52 Å². The number of aliphatic hydroxyl groups excluding tert-OH is 1. The first-order valence-electron chi connectivity index (χ1n) is 11.5. The van der Waals surface area contributed by atoms with Crippen molar-refractivity contribution in [3.63, 3.8) is 0 Å². The number of primary amides is 1. The molecule has 36 heavy (non-hydrogen) atoms. The molecular formula is C26H29N5O4S. The number of aliphatic hydroxyl groups is 1. The minimum absolute atomic E-state index is 0.140. The van der Waals surface area contributed by atoms with Gasteiger partial charge in [0.15, 0.2) is 4.77 Å². The van der Waals surface area contributed by atoms with Crippen molar-refractivity contribution >= 4 is 29.2 Å². The fourth-order valence-corrected chi connectivity index (χ4v) is 4.02. The average Bonchev–Trinajstić information content (AvgIpc) is 3.23. The molecule has 0 spiro atoms. The van der Waals surface area contributed by atoms with Crippen LogP contribution in [0.3, 0.4) is 0 Å². The zero-order valence-electron chi connectivity index (χ0n) is 20.1. The molecule has 1 atom stereocenters. The number of amides is 1. The van der Waals surface area contributed by atoms with E-state index in [0.717, 1.165) is 23.0 Å². The van der Waals surface area contributed by atoms with Gasteiger partial charge in [-0.2, -0.15) is 0 Å². The Morgan fingerprint density at radius 1 is 1.17 bits per heavy atom. The lowest BCUT2D eigenvalue weighted by molar-refractivity contribution is 0.0994. The molecule has 2 aromatic carbocycles. The summed E-state index contributed by atoms with van der Waals surface area (Å²) in [6, 6.07) is 16.4. The number of fused-ring (bicyclic) bond motifs is 1. The fraction of sp³-hybridized carbons (Fsp3) is 0.269. The predicted octanol–water partition coefficient (Wildman–Crippen LogP) is 3.86. The first kappa shape index (κ1) is 25.4. The minimum atomic E-state index is -0.699. The second-order valence-corrected chi connectivity index (χ2v) is 9.54. The summed E-state index contributed by atoms with van der Waals surface area (Å²) in [5.41, 5.74) is 8.05. The van der Waals surface area contributed by atoms with Gasteiger partial charge in [0.25, 0.3) is 5.91 Å². The molecule has 6 N–H and O–H groups in total. The number of aromatic amines is 2. The highest BCUT2D eigenvalue weighted by atomic mass is 32.1. The van der Waals surface area contributed by atoms with Crippen LogP contribution in [0.4, 0.5) is 0 Å². The van der Waals surface area contributed by atoms with Gasteiger partial charge in [-0.05, 0) is 74.4 Å². The number of carbonyl (C=O) groups is 1. The molecule has 0 saturated heterocycles. The zero-order valence-corrected chi connectivity index (χ0v) is 20.9. The van der Waals surface area contributed by atoms with Crippen LogP contribution in [0.1, 0.15) is 29.8 Å². The quantitative estimate of drug-likeness (QED) is 0.194. The maximum Gasteiger partial charge on any atom is 0.254 e. The van der Waals surface area contributed by atoms with E-state index in [2.05, 4.69) is 34.1 Å². The van der Waals surface area contributed by atoms with Gasteiger partial charge in [0.1, 0.15) is 35.3 Å². The van der Waals surface area contributed by atoms with E-state index in [1.165, 1.54) is 0 Å². The third-order valence-corrected chi connectivity index (χ3v) is 5.79. The molecule has 0 radical (unpaired) electrons. The molecule has 0 saturated carbocycles. The van der Waals surface area contributed by atoms with Gasteiger partial charge in [-0.1, -0.05) is 18.2 Å². The number of ether oxygens (including phenoxy) is 2. The first-order chi connectivity index (χ1) is 17.2. The van der Waals surface area contributed by atoms with Crippen LogP contribution in [0.2, 0.25) is 0 Å². The highest BCUT2D eigenvalue weighted by molar-refractivity contribution is 7.71. The lowest BCUT2D eigenvalue weighted by Crippen LogP contribution is -2.46. The van der Waals surface area contributed by atoms with E-state index in [1.807, 2.05) is 42.5 Å². The van der Waals surface area contributed by atoms with Gasteiger partial charge in [-0.15, -0.1) is 0 Å². The topological polar surface area (TPSA) is 138 Å². The van der Waals surface area contributed by atoms with E-state index in [1.54, 1.807) is 18.3 Å². The second-order valence-electron chi connectivity index (χ2n) is 9.13. The number of benzene rings is 2. The molecule has 1 unspecified atom stereocenters. The third kappa shape index (κ3) is 6.48. The normalized spacial score (nSPS) is 12.4. The number of nitrogens with one attached hydrogen (secondary N) is 3. The summed E-state index contributed by atoms with van der Waals surface area (Å²) in [6.45, 7) is 4.64. The zero-order chi connectivity index (χ0) is 25.7. The van der Waals surface area contributed by atoms with Crippen LogP contribution in [0, 0.1) is 4.77 Å². The van der Waals surface area contributed by atoms with E-state index in [4.69, 9.17) is 27.4 Å². The standard InChI is InChI=1S/C26H29N5O4S/c1-26(2,29-14-17(32)15-34-21-7-3-6-20-22(21)31-25(36)30-20)13-16-8-10-18(11-9-16)35-24-19(23(27)33)5-4-12-28-24/h3-12,17,29,32H,13-15H2,1-2H3,(H2,27,33)(H2,30,31,36). The van der Waals surface area contributed by atoms with Crippen LogP contribution in [-0.2, 0) is 6.42 Å². The van der Waals surface area contributed by atoms with Crippen LogP contribution >= 0.6 is 12.2 Å². The first-order valence-corrected chi connectivity index (χ1v) is 11.9. The third-order valence-electron chi connectivity index (χ3n) is 5.58. The van der Waals surface area contributed by atoms with Crippen LogP contribution in [0.5, 0.6) is 17.4 Å². The number of para-hydroxylation sites is 1. The highest BCUT2D eigenvalue weighted by Gasteiger charge is 2.20. The molecule has 0 aliphatic rings. The van der Waals surface area contributed by atoms with E-state index < -0.39 is 12.0 Å². The fourth-order valence-electron chi connectivity index (χ4n) is 3.81. The van der Waals surface area contributed by atoms with Crippen molar-refractivity contribution in [2.45, 2.75) is 31.9 Å². The van der Waals surface area contributed by atoms with E-state index >= 15 is 0 Å². The molecule has 4 aromatic rings. The predicted molar refractivity (Wildman–Crippen MR) is 140 cm³/mol. The van der Waals surface area contributed by atoms with Crippen molar-refractivity contribution in [2.24, 2.45) is 5.73 Å². The summed E-state index contributed by atoms with van der Waals surface area (Å²) in [5.74, 6) is 0.761. The molecule has 10 heteroatoms. The smallest absolute Gasteiger partial charge is 0.254 e. The molecule has 4 rings (SSSR count). The number of nitrogens with zero attached hydrogens (tertiary/aromatic N) is 1. The average molecular weight is 508 g/mol. The number of aromatic nitrogens is 3. The molecule has 1 amide bonds. The van der Waals surface area contributed by atoms with Gasteiger partial charge in [0, 0.05) is 18.3 Å². The van der Waals surface area contributed by atoms with Crippen LogP contribution in [0.15, 0.2) is 60.8 Å². The van der Waals surface area contributed by atoms with Crippen molar-refractivity contribution in [2.75, 3.05) is 13.2 Å². The number of hydrogen-bond acceptors (Lipinski definition) is 7. The van der Waals surface area contributed by atoms with Crippen molar-refractivity contribution in [3.8, 4) is 17.4 Å². The van der Waals surface area contributed by atoms with Crippen molar-refractivity contribution < 1.29 is 19.4 Å². The number of pyridine rings is 1. The summed E-state index contributed by atoms with van der Waals surface area (Å²) < 4.78 is 12.1. The largest absolute Gasteiger partial charge is 0.489 e. The number of nitrogens with two attached hydrogens (primary N) is 1. The van der Waals surface area contributed by atoms with Crippen molar-refractivity contribution in [1.29, 1.82) is 0 Å². The lowest BCUT2D eigenvalue weighted by Gasteiger charge is -2.28. The monoisotopic (exact) mass is 507 g/mol. The lowest BCUT2D eigenvalue weighted by atomic mass is 9.94. The van der Waals surface area contributed by atoms with Crippen molar-refractivity contribution in [3.05, 3.63) is 76.7 Å². The Hall–Kier alpha value is -3.73. The molecule has 2 aromatic heterocycles. The van der Waals surface area contributed by atoms with E-state index in [0.29, 0.717) is 22.8 Å². The maximum absolute atomic E-state index is 11.6. The number of carbonyl (C=O) groups excluding carboxylic acids is 1. The van der Waals surface area contributed by atoms with Gasteiger partial charge >= 0.3 is 0 Å². The van der Waals surface area contributed by atoms with Crippen molar-refractivity contribution in [1.82, 2.24) is 20.3 Å². The molecular weight excluding hydrogens is 478 g/mol. The summed E-state index contributed by atoms with van der Waals surface area (Å²) in [5, 5.41) is 13.9. The molecule has 188 valence electrons. The maximum atomic E-state index is 11.6. The van der Waals surface area contributed by atoms with E-state index in [-0.39, 0.29) is 23.6 Å². The highest BCUT2D eigenvalue weighted by Crippen LogP contribution is 2.25. The second kappa shape index (κ2) is 10.9. The van der Waals surface area contributed by atoms with E-state index in [9.17, 15) is 9.90 Å². The number of β-amino-alcohol motifs (C(OH)–C–C–N with tert-alkyl or cyclic N) is 1. The SMILES string of the molecule is CC(C)(Cc1ccc(Oc2ncccc2C(N)=O)cc1)NCC(O)COc1cccc2[nH]c(=S)[nH]c12. The minimum Gasteiger partial charge on any atom is -0.489 e. The van der Waals surface area contributed by atoms with Gasteiger partial charge in [-0.3, -0.25) is 4.79 Å². The number of hydrogen-bond donors (Lipinski definition) is 5. The summed E-state index contributed by atoms with van der Waals surface area (Å²) in [7, 11) is 0. The Labute approximate surface area is 213 Å². The van der Waals surface area contributed by atoms with Gasteiger partial charge in [-0.25, -0.2) is 4.98 Å². The number of rotatable bonds is 11. The summed E-state index contributed by atoms with van der Waals surface area (Å²) in [4.78, 5) is 21.8. The Bertz CT molecular complexity index is 1400. The molecule has 0 aliphatic heterocycles. The molecule has 9 nitrogen and oxygen atoms in total. The number of H-pyrrole nitrogens is 2. The Morgan fingerprint density at radius 3 is 2.69 bits per heavy atom. The van der Waals surface area contributed by atoms with Gasteiger partial charge in [0.2, 0.25) is 5.88 Å². The molecule has 0 bridgehead atoms. The Balaban J connectivity index is 1.28. The van der Waals surface area contributed by atoms with Gasteiger partial charge < -0.3 is 35.6 Å². The van der Waals surface area contributed by atoms with Crippen LogP contribution in [0.25, 0.3) is 11.0 Å². The van der Waals surface area contributed by atoms with Crippen LogP contribution in [-0.4, -0.2) is 50.8 Å². The Morgan fingerprint density at radius 2 is 1.94 bits per heavy atom. The molecule has 0 fully saturated rings. The molecule has 0 aliphatic carbocycles.